The number of unbranched alkanes of at least 4 members (excludes halogenated alkanes) is 1. The van der Waals surface area contributed by atoms with Crippen LogP contribution in [0.15, 0.2) is 36.4 Å². The lowest BCUT2D eigenvalue weighted by Crippen LogP contribution is -2.31. The first-order chi connectivity index (χ1) is 12.8. The van der Waals surface area contributed by atoms with Crippen molar-refractivity contribution in [1.29, 1.82) is 0 Å². The highest BCUT2D eigenvalue weighted by Crippen LogP contribution is 2.40. The van der Waals surface area contributed by atoms with Gasteiger partial charge in [-0.15, -0.1) is 0 Å². The molecular formula is C22H29NO3. The Balaban J connectivity index is 1.86. The lowest BCUT2D eigenvalue weighted by molar-refractivity contribution is 0.305. The zero-order chi connectivity index (χ0) is 18.4. The second-order valence-corrected chi connectivity index (χ2v) is 6.51. The van der Waals surface area contributed by atoms with Crippen LogP contribution in [0.2, 0.25) is 0 Å². The summed E-state index contributed by atoms with van der Waals surface area (Å²) in [6.45, 7) is 6.51. The number of benzene rings is 2. The van der Waals surface area contributed by atoms with Gasteiger partial charge in [0.05, 0.1) is 26.4 Å². The van der Waals surface area contributed by atoms with Gasteiger partial charge >= 0.3 is 0 Å². The van der Waals surface area contributed by atoms with Crippen molar-refractivity contribution in [3.05, 3.63) is 53.1 Å². The maximum Gasteiger partial charge on any atom is 0.164 e. The Morgan fingerprint density at radius 1 is 1.04 bits per heavy atom. The predicted octanol–water partition coefficient (Wildman–Crippen LogP) is 4.51. The molecule has 0 bridgehead atoms. The van der Waals surface area contributed by atoms with Gasteiger partial charge < -0.3 is 19.5 Å². The molecule has 3 rings (SSSR count). The third-order valence-corrected chi connectivity index (χ3v) is 4.78. The van der Waals surface area contributed by atoms with Gasteiger partial charge in [0.1, 0.15) is 5.75 Å². The van der Waals surface area contributed by atoms with Gasteiger partial charge in [0.25, 0.3) is 0 Å². The van der Waals surface area contributed by atoms with Crippen molar-refractivity contribution in [2.75, 3.05) is 26.9 Å². The van der Waals surface area contributed by atoms with Gasteiger partial charge in [0.2, 0.25) is 0 Å². The van der Waals surface area contributed by atoms with Crippen molar-refractivity contribution >= 4 is 0 Å². The van der Waals surface area contributed by atoms with Crippen LogP contribution in [-0.2, 0) is 6.42 Å². The van der Waals surface area contributed by atoms with Gasteiger partial charge in [-0.2, -0.15) is 0 Å². The molecule has 1 heterocycles. The highest BCUT2D eigenvalue weighted by Gasteiger charge is 2.26. The predicted molar refractivity (Wildman–Crippen MR) is 105 cm³/mol. The van der Waals surface area contributed by atoms with E-state index < -0.39 is 0 Å². The molecule has 1 atom stereocenters. The number of rotatable bonds is 8. The van der Waals surface area contributed by atoms with Crippen molar-refractivity contribution in [2.45, 2.75) is 39.2 Å². The summed E-state index contributed by atoms with van der Waals surface area (Å²) in [7, 11) is 1.69. The van der Waals surface area contributed by atoms with Crippen LogP contribution in [-0.4, -0.2) is 26.9 Å². The fourth-order valence-electron chi connectivity index (χ4n) is 3.45. The molecule has 1 N–H and O–H groups in total. The molecule has 1 aliphatic rings. The first kappa shape index (κ1) is 18.6. The molecule has 4 heteroatoms. The Morgan fingerprint density at radius 3 is 2.54 bits per heavy atom. The van der Waals surface area contributed by atoms with E-state index in [0.29, 0.717) is 6.61 Å². The molecule has 2 aromatic carbocycles. The third-order valence-electron chi connectivity index (χ3n) is 4.78. The summed E-state index contributed by atoms with van der Waals surface area (Å²) >= 11 is 0. The standard InChI is InChI=1S/C22H29NO3/c1-4-6-15-26-17-9-7-16(8-10-17)21-18-11-12-20(24-3)22(25-5-2)19(18)13-14-23-21/h7-12,21,23H,4-6,13-15H2,1-3H3. The molecule has 0 fully saturated rings. The lowest BCUT2D eigenvalue weighted by Gasteiger charge is -2.29. The molecule has 1 unspecified atom stereocenters. The molecule has 2 aromatic rings. The molecule has 0 amide bonds. The summed E-state index contributed by atoms with van der Waals surface area (Å²) in [4.78, 5) is 0. The Bertz CT molecular complexity index is 712. The van der Waals surface area contributed by atoms with E-state index in [1.165, 1.54) is 16.7 Å². The molecule has 0 radical (unpaired) electrons. The van der Waals surface area contributed by atoms with Gasteiger partial charge in [-0.3, -0.25) is 0 Å². The normalized spacial score (nSPS) is 16.0. The summed E-state index contributed by atoms with van der Waals surface area (Å²) in [5, 5.41) is 3.63. The highest BCUT2D eigenvalue weighted by atomic mass is 16.5. The Kier molecular flexibility index (Phi) is 6.40. The Labute approximate surface area is 156 Å². The molecular weight excluding hydrogens is 326 g/mol. The molecule has 26 heavy (non-hydrogen) atoms. The zero-order valence-corrected chi connectivity index (χ0v) is 16.0. The maximum absolute atomic E-state index is 5.91. The quantitative estimate of drug-likeness (QED) is 0.707. The van der Waals surface area contributed by atoms with E-state index in [2.05, 4.69) is 42.6 Å². The number of hydrogen-bond acceptors (Lipinski definition) is 4. The van der Waals surface area contributed by atoms with Crippen molar-refractivity contribution < 1.29 is 14.2 Å². The molecule has 1 aliphatic heterocycles. The summed E-state index contributed by atoms with van der Waals surface area (Å²) in [5.41, 5.74) is 3.75. The van der Waals surface area contributed by atoms with E-state index in [1.807, 2.05) is 13.0 Å². The Hall–Kier alpha value is -2.20. The summed E-state index contributed by atoms with van der Waals surface area (Å²) < 4.78 is 17.2. The minimum Gasteiger partial charge on any atom is -0.494 e. The van der Waals surface area contributed by atoms with Crippen LogP contribution in [0.5, 0.6) is 17.2 Å². The minimum atomic E-state index is 0.161. The van der Waals surface area contributed by atoms with E-state index in [9.17, 15) is 0 Å². The third kappa shape index (κ3) is 3.96. The Morgan fingerprint density at radius 2 is 1.85 bits per heavy atom. The van der Waals surface area contributed by atoms with Crippen molar-refractivity contribution in [1.82, 2.24) is 5.32 Å². The fraction of sp³-hybridized carbons (Fsp3) is 0.455. The van der Waals surface area contributed by atoms with Gasteiger partial charge in [-0.05, 0) is 49.1 Å². The van der Waals surface area contributed by atoms with Crippen LogP contribution < -0.4 is 19.5 Å². The molecule has 0 saturated heterocycles. The van der Waals surface area contributed by atoms with Crippen molar-refractivity contribution in [3.8, 4) is 17.2 Å². The number of ether oxygens (including phenoxy) is 3. The molecule has 0 aromatic heterocycles. The summed E-state index contributed by atoms with van der Waals surface area (Å²) in [6, 6.07) is 12.7. The van der Waals surface area contributed by atoms with E-state index in [-0.39, 0.29) is 6.04 Å². The summed E-state index contributed by atoms with van der Waals surface area (Å²) in [5.74, 6) is 2.63. The topological polar surface area (TPSA) is 39.7 Å². The monoisotopic (exact) mass is 355 g/mol. The van der Waals surface area contributed by atoms with Crippen LogP contribution >= 0.6 is 0 Å². The van der Waals surface area contributed by atoms with E-state index >= 15 is 0 Å². The van der Waals surface area contributed by atoms with Crippen LogP contribution in [0.1, 0.15) is 49.4 Å². The van der Waals surface area contributed by atoms with Crippen LogP contribution in [0.25, 0.3) is 0 Å². The van der Waals surface area contributed by atoms with Crippen LogP contribution in [0, 0.1) is 0 Å². The second-order valence-electron chi connectivity index (χ2n) is 6.51. The molecule has 0 aliphatic carbocycles. The van der Waals surface area contributed by atoms with Gasteiger partial charge in [-0.25, -0.2) is 0 Å². The molecule has 0 spiro atoms. The zero-order valence-electron chi connectivity index (χ0n) is 16.0. The second kappa shape index (κ2) is 8.95. The summed E-state index contributed by atoms with van der Waals surface area (Å²) in [6.07, 6.45) is 3.17. The molecule has 4 nitrogen and oxygen atoms in total. The average molecular weight is 355 g/mol. The number of methoxy groups -OCH3 is 1. The minimum absolute atomic E-state index is 0.161. The maximum atomic E-state index is 5.91. The first-order valence-electron chi connectivity index (χ1n) is 9.57. The largest absolute Gasteiger partial charge is 0.494 e. The van der Waals surface area contributed by atoms with Gasteiger partial charge in [-0.1, -0.05) is 31.5 Å². The van der Waals surface area contributed by atoms with Crippen LogP contribution in [0.3, 0.4) is 0 Å². The molecule has 140 valence electrons. The van der Waals surface area contributed by atoms with Crippen molar-refractivity contribution in [3.63, 3.8) is 0 Å². The highest BCUT2D eigenvalue weighted by molar-refractivity contribution is 5.54. The SMILES string of the molecule is CCCCOc1ccc(C2NCCc3c2ccc(OC)c3OCC)cc1. The van der Waals surface area contributed by atoms with E-state index in [0.717, 1.165) is 49.7 Å². The van der Waals surface area contributed by atoms with E-state index in [1.54, 1.807) is 7.11 Å². The van der Waals surface area contributed by atoms with E-state index in [4.69, 9.17) is 14.2 Å². The fourth-order valence-corrected chi connectivity index (χ4v) is 3.45. The average Bonchev–Trinajstić information content (AvgIpc) is 2.69. The van der Waals surface area contributed by atoms with Gasteiger partial charge in [0, 0.05) is 12.1 Å². The van der Waals surface area contributed by atoms with Gasteiger partial charge in [0.15, 0.2) is 11.5 Å². The number of hydrogen-bond donors (Lipinski definition) is 1. The first-order valence-corrected chi connectivity index (χ1v) is 9.57. The lowest BCUT2D eigenvalue weighted by atomic mass is 9.89. The van der Waals surface area contributed by atoms with Crippen molar-refractivity contribution in [2.24, 2.45) is 0 Å². The smallest absolute Gasteiger partial charge is 0.164 e. The number of fused-ring (bicyclic) bond motifs is 1. The molecule has 0 saturated carbocycles. The number of nitrogens with one attached hydrogen (secondary N) is 1. The van der Waals surface area contributed by atoms with Crippen LogP contribution in [0.4, 0.5) is 0 Å².